The summed E-state index contributed by atoms with van der Waals surface area (Å²) < 4.78 is 6.82. The Bertz CT molecular complexity index is 503. The number of hydrogen-bond donors (Lipinski definition) is 1. The molecule has 0 aliphatic carbocycles. The maximum absolute atomic E-state index is 11.6. The van der Waals surface area contributed by atoms with Crippen molar-refractivity contribution >= 4 is 30.1 Å². The first kappa shape index (κ1) is 19.0. The van der Waals surface area contributed by atoms with Gasteiger partial charge in [0.2, 0.25) is 0 Å². The molecule has 1 fully saturated rings. The average Bonchev–Trinajstić information content (AvgIpc) is 2.90. The number of esters is 1. The van der Waals surface area contributed by atoms with Crippen molar-refractivity contribution in [2.75, 3.05) is 20.2 Å². The van der Waals surface area contributed by atoms with E-state index < -0.39 is 0 Å². The number of piperidine rings is 1. The average molecular weight is 347 g/mol. The van der Waals surface area contributed by atoms with Gasteiger partial charge >= 0.3 is 5.97 Å². The van der Waals surface area contributed by atoms with Gasteiger partial charge < -0.3 is 14.6 Å². The van der Waals surface area contributed by atoms with Crippen LogP contribution in [0.25, 0.3) is 0 Å². The molecule has 1 aliphatic heterocycles. The Kier molecular flexibility index (Phi) is 7.92. The Hall–Kier alpha value is -1.05. The lowest BCUT2D eigenvalue weighted by molar-refractivity contribution is -0.139. The predicted molar refractivity (Wildman–Crippen MR) is 89.6 cm³/mol. The van der Waals surface area contributed by atoms with E-state index in [4.69, 9.17) is 4.74 Å². The number of rotatable bonds is 6. The number of nitrogens with one attached hydrogen (secondary N) is 1. The summed E-state index contributed by atoms with van der Waals surface area (Å²) in [4.78, 5) is 11.6. The number of nitrogens with zero attached hydrogens (tertiary/aromatic N) is 3. The molecule has 0 saturated carbocycles. The maximum atomic E-state index is 11.6. The van der Waals surface area contributed by atoms with Crippen LogP contribution in [0.1, 0.15) is 31.5 Å². The molecule has 1 saturated heterocycles. The second kappa shape index (κ2) is 9.17. The second-order valence-electron chi connectivity index (χ2n) is 5.05. The molecule has 1 unspecified atom stereocenters. The smallest absolute Gasteiger partial charge is 0.318 e. The zero-order valence-corrected chi connectivity index (χ0v) is 14.6. The van der Waals surface area contributed by atoms with E-state index in [2.05, 4.69) is 26.7 Å². The van der Waals surface area contributed by atoms with Crippen LogP contribution in [0.2, 0.25) is 0 Å². The summed E-state index contributed by atoms with van der Waals surface area (Å²) in [5.41, 5.74) is 0. The summed E-state index contributed by atoms with van der Waals surface area (Å²) in [6.07, 6.45) is 3.96. The number of methoxy groups -OCH3 is 1. The van der Waals surface area contributed by atoms with Gasteiger partial charge in [0.25, 0.3) is 0 Å². The Labute approximate surface area is 141 Å². The van der Waals surface area contributed by atoms with Gasteiger partial charge in [-0.15, -0.1) is 29.2 Å². The van der Waals surface area contributed by atoms with Gasteiger partial charge in [0.05, 0.1) is 7.11 Å². The van der Waals surface area contributed by atoms with E-state index in [1.54, 1.807) is 0 Å². The van der Waals surface area contributed by atoms with Crippen molar-refractivity contribution in [2.24, 2.45) is 0 Å². The zero-order chi connectivity index (χ0) is 15.2. The number of carbonyl (C=O) groups excluding carboxylic acids is 1. The van der Waals surface area contributed by atoms with Crippen molar-refractivity contribution in [2.45, 2.75) is 42.6 Å². The highest BCUT2D eigenvalue weighted by atomic mass is 35.5. The lowest BCUT2D eigenvalue weighted by Crippen LogP contribution is -2.28. The Balaban J connectivity index is 0.00000242. The molecule has 0 amide bonds. The lowest BCUT2D eigenvalue weighted by atomic mass is 9.97. The summed E-state index contributed by atoms with van der Waals surface area (Å²) in [5, 5.41) is 12.4. The van der Waals surface area contributed by atoms with Crippen molar-refractivity contribution in [1.29, 1.82) is 0 Å². The monoisotopic (exact) mass is 346 g/mol. The first-order chi connectivity index (χ1) is 10.2. The minimum absolute atomic E-state index is 0. The van der Waals surface area contributed by atoms with Gasteiger partial charge in [0.15, 0.2) is 5.16 Å². The SMILES string of the molecule is C=CCn1c(SC(C)C(=O)OC)nnc1C1CCNCC1.Cl. The minimum atomic E-state index is -0.302. The van der Waals surface area contributed by atoms with Crippen LogP contribution in [-0.4, -0.2) is 46.2 Å². The summed E-state index contributed by atoms with van der Waals surface area (Å²) in [6, 6.07) is 0. The second-order valence-corrected chi connectivity index (χ2v) is 6.36. The van der Waals surface area contributed by atoms with Crippen LogP contribution in [0.3, 0.4) is 0 Å². The number of aromatic nitrogens is 3. The van der Waals surface area contributed by atoms with Crippen LogP contribution in [-0.2, 0) is 16.1 Å². The fourth-order valence-corrected chi connectivity index (χ4v) is 3.33. The third kappa shape index (κ3) is 4.47. The molecule has 0 aromatic carbocycles. The van der Waals surface area contributed by atoms with Gasteiger partial charge in [-0.3, -0.25) is 4.79 Å². The number of halogens is 1. The molecule has 1 aliphatic rings. The maximum Gasteiger partial charge on any atom is 0.318 e. The molecule has 6 nitrogen and oxygen atoms in total. The summed E-state index contributed by atoms with van der Waals surface area (Å²) >= 11 is 1.38. The van der Waals surface area contributed by atoms with Crippen LogP contribution in [0.4, 0.5) is 0 Å². The normalized spacial score (nSPS) is 16.6. The summed E-state index contributed by atoms with van der Waals surface area (Å²) in [6.45, 7) is 8.29. The first-order valence-corrected chi connectivity index (χ1v) is 8.04. The largest absolute Gasteiger partial charge is 0.468 e. The Morgan fingerprint density at radius 1 is 1.55 bits per heavy atom. The van der Waals surface area contributed by atoms with E-state index >= 15 is 0 Å². The zero-order valence-electron chi connectivity index (χ0n) is 12.9. The third-order valence-electron chi connectivity index (χ3n) is 3.58. The molecule has 0 bridgehead atoms. The molecule has 8 heteroatoms. The topological polar surface area (TPSA) is 69.0 Å². The van der Waals surface area contributed by atoms with E-state index in [1.165, 1.54) is 18.9 Å². The van der Waals surface area contributed by atoms with Crippen LogP contribution in [0.15, 0.2) is 17.8 Å². The van der Waals surface area contributed by atoms with Crippen LogP contribution in [0, 0.1) is 0 Å². The van der Waals surface area contributed by atoms with Gasteiger partial charge in [-0.1, -0.05) is 17.8 Å². The highest BCUT2D eigenvalue weighted by molar-refractivity contribution is 8.00. The predicted octanol–water partition coefficient (Wildman–Crippen LogP) is 2.01. The molecule has 1 atom stereocenters. The highest BCUT2D eigenvalue weighted by Crippen LogP contribution is 2.29. The van der Waals surface area contributed by atoms with E-state index in [-0.39, 0.29) is 23.6 Å². The molecule has 2 heterocycles. The van der Waals surface area contributed by atoms with Crippen molar-refractivity contribution in [3.05, 3.63) is 18.5 Å². The number of hydrogen-bond acceptors (Lipinski definition) is 6. The van der Waals surface area contributed by atoms with Gasteiger partial charge in [0.1, 0.15) is 11.1 Å². The van der Waals surface area contributed by atoms with Gasteiger partial charge in [-0.05, 0) is 32.9 Å². The standard InChI is InChI=1S/C14H22N4O2S.ClH/c1-4-9-18-12(11-5-7-15-8-6-11)16-17-14(18)21-10(2)13(19)20-3;/h4,10-11,15H,1,5-9H2,2-3H3;1H. The molecular formula is C14H23ClN4O2S. The Morgan fingerprint density at radius 3 is 2.82 bits per heavy atom. The fraction of sp³-hybridized carbons (Fsp3) is 0.643. The van der Waals surface area contributed by atoms with Gasteiger partial charge in [-0.25, -0.2) is 0 Å². The van der Waals surface area contributed by atoms with Crippen molar-refractivity contribution < 1.29 is 9.53 Å². The van der Waals surface area contributed by atoms with Crippen LogP contribution in [0.5, 0.6) is 0 Å². The molecule has 1 aromatic heterocycles. The minimum Gasteiger partial charge on any atom is -0.468 e. The number of ether oxygens (including phenoxy) is 1. The van der Waals surface area contributed by atoms with Gasteiger partial charge in [0, 0.05) is 12.5 Å². The molecule has 0 spiro atoms. The summed E-state index contributed by atoms with van der Waals surface area (Å²) in [7, 11) is 1.40. The lowest BCUT2D eigenvalue weighted by Gasteiger charge is -2.22. The van der Waals surface area contributed by atoms with E-state index in [9.17, 15) is 4.79 Å². The first-order valence-electron chi connectivity index (χ1n) is 7.16. The van der Waals surface area contributed by atoms with Crippen molar-refractivity contribution in [3.8, 4) is 0 Å². The van der Waals surface area contributed by atoms with Crippen molar-refractivity contribution in [1.82, 2.24) is 20.1 Å². The summed E-state index contributed by atoms with van der Waals surface area (Å²) in [5.74, 6) is 1.16. The van der Waals surface area contributed by atoms with Gasteiger partial charge in [-0.2, -0.15) is 0 Å². The quantitative estimate of drug-likeness (QED) is 0.482. The Morgan fingerprint density at radius 2 is 2.23 bits per heavy atom. The molecular weight excluding hydrogens is 324 g/mol. The number of thioether (sulfide) groups is 1. The number of carbonyl (C=O) groups is 1. The van der Waals surface area contributed by atoms with E-state index in [1.807, 2.05) is 13.0 Å². The molecule has 0 radical (unpaired) electrons. The van der Waals surface area contributed by atoms with Crippen LogP contribution >= 0.6 is 24.2 Å². The highest BCUT2D eigenvalue weighted by Gasteiger charge is 2.25. The van der Waals surface area contributed by atoms with E-state index in [0.717, 1.165) is 36.9 Å². The third-order valence-corrected chi connectivity index (χ3v) is 4.64. The van der Waals surface area contributed by atoms with Crippen molar-refractivity contribution in [3.63, 3.8) is 0 Å². The number of allylic oxidation sites excluding steroid dienone is 1. The van der Waals surface area contributed by atoms with Crippen LogP contribution < -0.4 is 5.32 Å². The molecule has 22 heavy (non-hydrogen) atoms. The molecule has 1 aromatic rings. The molecule has 2 rings (SSSR count). The van der Waals surface area contributed by atoms with E-state index in [0.29, 0.717) is 12.5 Å². The fourth-order valence-electron chi connectivity index (χ4n) is 2.44. The molecule has 1 N–H and O–H groups in total. The molecule has 124 valence electrons.